The molecule has 1 unspecified atom stereocenters. The fraction of sp³-hybridized carbons (Fsp3) is 0.800. The van der Waals surface area contributed by atoms with Gasteiger partial charge in [0, 0.05) is 13.5 Å². The van der Waals surface area contributed by atoms with E-state index in [0.29, 0.717) is 6.61 Å². The van der Waals surface area contributed by atoms with Crippen LogP contribution in [-0.2, 0) is 23.8 Å². The van der Waals surface area contributed by atoms with Crippen LogP contribution in [0, 0.1) is 0 Å². The van der Waals surface area contributed by atoms with Crippen LogP contribution in [0.3, 0.4) is 0 Å². The van der Waals surface area contributed by atoms with Crippen LogP contribution in [0.5, 0.6) is 0 Å². The highest BCUT2D eigenvalue weighted by Gasteiger charge is 2.14. The molecule has 1 atom stereocenters. The zero-order chi connectivity index (χ0) is 11.7. The Morgan fingerprint density at radius 3 is 2.53 bits per heavy atom. The Morgan fingerprint density at radius 2 is 2.00 bits per heavy atom. The molecule has 0 aromatic rings. The third-order valence-electron chi connectivity index (χ3n) is 1.63. The summed E-state index contributed by atoms with van der Waals surface area (Å²) in [4.78, 5) is 22.2. The van der Waals surface area contributed by atoms with Gasteiger partial charge in [-0.1, -0.05) is 0 Å². The molecule has 0 aromatic carbocycles. The predicted octanol–water partition coefficient (Wildman–Crippen LogP) is 0.908. The van der Waals surface area contributed by atoms with Crippen molar-refractivity contribution in [1.82, 2.24) is 0 Å². The van der Waals surface area contributed by atoms with Crippen molar-refractivity contribution in [1.29, 1.82) is 0 Å². The molecular weight excluding hydrogens is 200 g/mol. The van der Waals surface area contributed by atoms with Crippen molar-refractivity contribution in [2.24, 2.45) is 0 Å². The lowest BCUT2D eigenvalue weighted by Gasteiger charge is -2.10. The normalized spacial score (nSPS) is 12.2. The summed E-state index contributed by atoms with van der Waals surface area (Å²) in [5.74, 6) is -0.668. The van der Waals surface area contributed by atoms with Crippen molar-refractivity contribution in [3.8, 4) is 0 Å². The molecule has 0 aliphatic carbocycles. The molecule has 0 N–H and O–H groups in total. The van der Waals surface area contributed by atoms with E-state index >= 15 is 0 Å². The van der Waals surface area contributed by atoms with Crippen molar-refractivity contribution >= 4 is 11.8 Å². The number of esters is 1. The summed E-state index contributed by atoms with van der Waals surface area (Å²) in [7, 11) is 1.51. The Balaban J connectivity index is 3.68. The Hall–Kier alpha value is -0.940. The SMILES string of the molecule is CCOC(=O)CC(=O)CC(C)OCOC. The first-order valence-electron chi connectivity index (χ1n) is 4.88. The zero-order valence-electron chi connectivity index (χ0n) is 9.45. The van der Waals surface area contributed by atoms with Crippen molar-refractivity contribution in [2.45, 2.75) is 32.8 Å². The maximum atomic E-state index is 11.3. The standard InChI is InChI=1S/C10H18O5/c1-4-14-10(12)6-9(11)5-8(2)15-7-13-3/h8H,4-7H2,1-3H3. The minimum Gasteiger partial charge on any atom is -0.466 e. The number of carbonyl (C=O) groups is 2. The maximum Gasteiger partial charge on any atom is 0.313 e. The zero-order valence-corrected chi connectivity index (χ0v) is 9.45. The second kappa shape index (κ2) is 8.38. The quantitative estimate of drug-likeness (QED) is 0.344. The van der Waals surface area contributed by atoms with Gasteiger partial charge in [-0.15, -0.1) is 0 Å². The van der Waals surface area contributed by atoms with Gasteiger partial charge in [0.05, 0.1) is 12.7 Å². The maximum absolute atomic E-state index is 11.3. The highest BCUT2D eigenvalue weighted by Crippen LogP contribution is 2.02. The van der Waals surface area contributed by atoms with E-state index in [0.717, 1.165) is 0 Å². The monoisotopic (exact) mass is 218 g/mol. The Morgan fingerprint density at radius 1 is 1.33 bits per heavy atom. The highest BCUT2D eigenvalue weighted by atomic mass is 16.7. The Bertz CT molecular complexity index is 202. The molecule has 0 aliphatic heterocycles. The lowest BCUT2D eigenvalue weighted by molar-refractivity contribution is -0.146. The molecule has 15 heavy (non-hydrogen) atoms. The van der Waals surface area contributed by atoms with Gasteiger partial charge in [0.25, 0.3) is 0 Å². The summed E-state index contributed by atoms with van der Waals surface area (Å²) in [5.41, 5.74) is 0. The summed E-state index contributed by atoms with van der Waals surface area (Å²) in [6, 6.07) is 0. The molecule has 0 rings (SSSR count). The fourth-order valence-corrected chi connectivity index (χ4v) is 1.01. The molecule has 5 nitrogen and oxygen atoms in total. The van der Waals surface area contributed by atoms with Crippen LogP contribution in [0.2, 0.25) is 0 Å². The van der Waals surface area contributed by atoms with Crippen LogP contribution < -0.4 is 0 Å². The number of ketones is 1. The van der Waals surface area contributed by atoms with Crippen LogP contribution in [0.25, 0.3) is 0 Å². The molecule has 0 amide bonds. The van der Waals surface area contributed by atoms with Crippen molar-refractivity contribution in [2.75, 3.05) is 20.5 Å². The van der Waals surface area contributed by atoms with E-state index in [1.54, 1.807) is 13.8 Å². The van der Waals surface area contributed by atoms with Crippen LogP contribution in [0.1, 0.15) is 26.7 Å². The van der Waals surface area contributed by atoms with Crippen molar-refractivity contribution < 1.29 is 23.8 Å². The molecule has 0 bridgehead atoms. The molecule has 0 heterocycles. The molecule has 0 fully saturated rings. The van der Waals surface area contributed by atoms with Gasteiger partial charge < -0.3 is 14.2 Å². The molecule has 0 radical (unpaired) electrons. The first kappa shape index (κ1) is 14.1. The number of hydrogen-bond acceptors (Lipinski definition) is 5. The van der Waals surface area contributed by atoms with Gasteiger partial charge in [-0.05, 0) is 13.8 Å². The van der Waals surface area contributed by atoms with Crippen LogP contribution in [0.4, 0.5) is 0 Å². The average molecular weight is 218 g/mol. The van der Waals surface area contributed by atoms with E-state index < -0.39 is 5.97 Å². The Labute approximate surface area is 89.7 Å². The lowest BCUT2D eigenvalue weighted by atomic mass is 10.1. The highest BCUT2D eigenvalue weighted by molar-refractivity contribution is 5.95. The largest absolute Gasteiger partial charge is 0.466 e. The number of Topliss-reactive ketones (excluding diaryl/α,β-unsaturated/α-hetero) is 1. The second-order valence-electron chi connectivity index (χ2n) is 3.11. The smallest absolute Gasteiger partial charge is 0.313 e. The second-order valence-corrected chi connectivity index (χ2v) is 3.11. The van der Waals surface area contributed by atoms with E-state index in [1.807, 2.05) is 0 Å². The summed E-state index contributed by atoms with van der Waals surface area (Å²) in [6.45, 7) is 3.89. The van der Waals surface area contributed by atoms with Crippen LogP contribution in [0.15, 0.2) is 0 Å². The number of hydrogen-bond donors (Lipinski definition) is 0. The first-order valence-corrected chi connectivity index (χ1v) is 4.88. The number of ether oxygens (including phenoxy) is 3. The van der Waals surface area contributed by atoms with Gasteiger partial charge >= 0.3 is 5.97 Å². The van der Waals surface area contributed by atoms with Gasteiger partial charge in [0.15, 0.2) is 0 Å². The van der Waals surface area contributed by atoms with E-state index in [2.05, 4.69) is 9.47 Å². The van der Waals surface area contributed by atoms with Crippen LogP contribution >= 0.6 is 0 Å². The molecule has 0 aromatic heterocycles. The summed E-state index contributed by atoms with van der Waals surface area (Å²) in [6.07, 6.45) is -0.233. The van der Waals surface area contributed by atoms with E-state index in [4.69, 9.17) is 4.74 Å². The minimum absolute atomic E-state index is 0.147. The number of methoxy groups -OCH3 is 1. The van der Waals surface area contributed by atoms with E-state index in [1.165, 1.54) is 7.11 Å². The van der Waals surface area contributed by atoms with E-state index in [9.17, 15) is 9.59 Å². The van der Waals surface area contributed by atoms with Crippen LogP contribution in [-0.4, -0.2) is 38.4 Å². The molecule has 88 valence electrons. The summed E-state index contributed by atoms with van der Waals surface area (Å²) in [5, 5.41) is 0. The molecule has 5 heteroatoms. The van der Waals surface area contributed by atoms with E-state index in [-0.39, 0.29) is 31.5 Å². The Kier molecular flexibility index (Phi) is 7.85. The first-order chi connectivity index (χ1) is 7.10. The molecule has 0 saturated heterocycles. The lowest BCUT2D eigenvalue weighted by Crippen LogP contribution is -2.18. The minimum atomic E-state index is -0.485. The van der Waals surface area contributed by atoms with Gasteiger partial charge in [-0.2, -0.15) is 0 Å². The molecule has 0 saturated carbocycles. The average Bonchev–Trinajstić information content (AvgIpc) is 2.14. The van der Waals surface area contributed by atoms with Gasteiger partial charge in [0.1, 0.15) is 19.0 Å². The van der Waals surface area contributed by atoms with Crippen molar-refractivity contribution in [3.63, 3.8) is 0 Å². The third-order valence-corrected chi connectivity index (χ3v) is 1.63. The van der Waals surface area contributed by atoms with Gasteiger partial charge in [-0.25, -0.2) is 0 Å². The molecule has 0 spiro atoms. The summed E-state index contributed by atoms with van der Waals surface area (Å²) >= 11 is 0. The van der Waals surface area contributed by atoms with Crippen molar-refractivity contribution in [3.05, 3.63) is 0 Å². The summed E-state index contributed by atoms with van der Waals surface area (Å²) < 4.78 is 14.4. The topological polar surface area (TPSA) is 61.8 Å². The fourth-order valence-electron chi connectivity index (χ4n) is 1.01. The number of carbonyl (C=O) groups excluding carboxylic acids is 2. The molecule has 0 aliphatic rings. The number of rotatable bonds is 8. The van der Waals surface area contributed by atoms with Gasteiger partial charge in [-0.3, -0.25) is 9.59 Å². The predicted molar refractivity (Wildman–Crippen MR) is 53.3 cm³/mol. The van der Waals surface area contributed by atoms with Gasteiger partial charge in [0.2, 0.25) is 0 Å². The third kappa shape index (κ3) is 8.08. The molecular formula is C10H18O5.